The zero-order chi connectivity index (χ0) is 15.6. The van der Waals surface area contributed by atoms with E-state index in [9.17, 15) is 18.4 Å². The zero-order valence-corrected chi connectivity index (χ0v) is 12.0. The minimum atomic E-state index is -0.805. The van der Waals surface area contributed by atoms with Crippen molar-refractivity contribution in [3.8, 4) is 0 Å². The summed E-state index contributed by atoms with van der Waals surface area (Å²) in [5.74, 6) is -2.20. The van der Waals surface area contributed by atoms with Gasteiger partial charge in [0.1, 0.15) is 23.4 Å². The Labute approximate surface area is 122 Å². The maximum atomic E-state index is 13.9. The average molecular weight is 296 g/mol. The van der Waals surface area contributed by atoms with Gasteiger partial charge in [-0.3, -0.25) is 9.59 Å². The molecule has 0 aliphatic carbocycles. The number of carbonyl (C=O) groups is 2. The highest BCUT2D eigenvalue weighted by Crippen LogP contribution is 2.26. The highest BCUT2D eigenvalue weighted by Gasteiger charge is 2.33. The molecule has 21 heavy (non-hydrogen) atoms. The Hall–Kier alpha value is -1.98. The van der Waals surface area contributed by atoms with Crippen molar-refractivity contribution in [3.05, 3.63) is 29.8 Å². The second-order valence-corrected chi connectivity index (χ2v) is 5.56. The first kappa shape index (κ1) is 15.4. The third-order valence-corrected chi connectivity index (χ3v) is 3.38. The number of nitrogens with zero attached hydrogens (tertiary/aromatic N) is 1. The van der Waals surface area contributed by atoms with E-state index >= 15 is 0 Å². The van der Waals surface area contributed by atoms with E-state index in [1.165, 1.54) is 6.07 Å². The number of benzene rings is 1. The van der Waals surface area contributed by atoms with Gasteiger partial charge in [-0.25, -0.2) is 8.78 Å². The maximum absolute atomic E-state index is 13.9. The molecular formula is C15H18F2N2O2. The monoisotopic (exact) mass is 296 g/mol. The minimum absolute atomic E-state index is 0.0219. The fourth-order valence-corrected chi connectivity index (χ4v) is 2.44. The number of hydrogen-bond acceptors (Lipinski definition) is 2. The van der Waals surface area contributed by atoms with Gasteiger partial charge < -0.3 is 10.2 Å². The van der Waals surface area contributed by atoms with Gasteiger partial charge in [0.25, 0.3) is 0 Å². The van der Waals surface area contributed by atoms with Gasteiger partial charge in [-0.15, -0.1) is 0 Å². The van der Waals surface area contributed by atoms with Crippen LogP contribution in [-0.4, -0.2) is 24.4 Å². The molecule has 6 heteroatoms. The van der Waals surface area contributed by atoms with Crippen LogP contribution in [0.2, 0.25) is 0 Å². The summed E-state index contributed by atoms with van der Waals surface area (Å²) in [6, 6.07) is 2.69. The number of carbonyl (C=O) groups excluding carboxylic acids is 2. The van der Waals surface area contributed by atoms with E-state index in [0.717, 1.165) is 17.0 Å². The van der Waals surface area contributed by atoms with Crippen LogP contribution >= 0.6 is 0 Å². The lowest BCUT2D eigenvalue weighted by molar-refractivity contribution is -0.125. The average Bonchev–Trinajstić information content (AvgIpc) is 2.51. The summed E-state index contributed by atoms with van der Waals surface area (Å²) in [7, 11) is 0. The number of para-hydroxylation sites is 1. The standard InChI is InChI=1S/C15H18F2N2O2/c1-9(2)8-12-15(21)19(7-6-13(20)18-12)14-10(16)4-3-5-11(14)17/h3-5,9,12H,6-8H2,1-2H3,(H,18,20). The third-order valence-electron chi connectivity index (χ3n) is 3.38. The largest absolute Gasteiger partial charge is 0.344 e. The van der Waals surface area contributed by atoms with Crippen LogP contribution in [0.15, 0.2) is 18.2 Å². The quantitative estimate of drug-likeness (QED) is 0.930. The van der Waals surface area contributed by atoms with E-state index in [1.54, 1.807) is 0 Å². The van der Waals surface area contributed by atoms with Crippen LogP contribution in [-0.2, 0) is 9.59 Å². The first-order chi connectivity index (χ1) is 9.90. The van der Waals surface area contributed by atoms with Crippen LogP contribution in [0.1, 0.15) is 26.7 Å². The molecule has 1 saturated heterocycles. The normalized spacial score (nSPS) is 19.7. The number of rotatable bonds is 3. The molecule has 4 nitrogen and oxygen atoms in total. The Morgan fingerprint density at radius 1 is 1.29 bits per heavy atom. The van der Waals surface area contributed by atoms with Crippen molar-refractivity contribution in [1.29, 1.82) is 0 Å². The Morgan fingerprint density at radius 3 is 2.48 bits per heavy atom. The van der Waals surface area contributed by atoms with Crippen molar-refractivity contribution in [2.24, 2.45) is 5.92 Å². The van der Waals surface area contributed by atoms with Gasteiger partial charge in [0, 0.05) is 13.0 Å². The molecule has 1 aliphatic rings. The van der Waals surface area contributed by atoms with E-state index in [2.05, 4.69) is 5.32 Å². The van der Waals surface area contributed by atoms with Crippen molar-refractivity contribution in [1.82, 2.24) is 5.32 Å². The van der Waals surface area contributed by atoms with Crippen LogP contribution in [0.3, 0.4) is 0 Å². The second-order valence-electron chi connectivity index (χ2n) is 5.56. The van der Waals surface area contributed by atoms with Gasteiger partial charge in [0.2, 0.25) is 11.8 Å². The summed E-state index contributed by atoms with van der Waals surface area (Å²) in [6.07, 6.45) is 0.450. The molecule has 0 saturated carbocycles. The fourth-order valence-electron chi connectivity index (χ4n) is 2.44. The number of hydrogen-bond donors (Lipinski definition) is 1. The molecule has 2 amide bonds. The highest BCUT2D eigenvalue weighted by atomic mass is 19.1. The topological polar surface area (TPSA) is 49.4 Å². The Morgan fingerprint density at radius 2 is 1.90 bits per heavy atom. The number of nitrogens with one attached hydrogen (secondary N) is 1. The summed E-state index contributed by atoms with van der Waals surface area (Å²) < 4.78 is 27.8. The minimum Gasteiger partial charge on any atom is -0.344 e. The van der Waals surface area contributed by atoms with Gasteiger partial charge in [0.15, 0.2) is 0 Å². The molecule has 0 radical (unpaired) electrons. The van der Waals surface area contributed by atoms with Crippen molar-refractivity contribution >= 4 is 17.5 Å². The molecule has 114 valence electrons. The highest BCUT2D eigenvalue weighted by molar-refractivity contribution is 6.01. The third kappa shape index (κ3) is 3.37. The molecule has 2 rings (SSSR count). The van der Waals surface area contributed by atoms with Gasteiger partial charge in [0.05, 0.1) is 0 Å². The lowest BCUT2D eigenvalue weighted by Gasteiger charge is -2.25. The molecule has 1 heterocycles. The van der Waals surface area contributed by atoms with E-state index in [0.29, 0.717) is 6.42 Å². The Kier molecular flexibility index (Phi) is 4.55. The van der Waals surface area contributed by atoms with Gasteiger partial charge >= 0.3 is 0 Å². The molecule has 1 aromatic rings. The van der Waals surface area contributed by atoms with Crippen LogP contribution in [0.25, 0.3) is 0 Å². The smallest absolute Gasteiger partial charge is 0.249 e. The van der Waals surface area contributed by atoms with E-state index in [-0.39, 0.29) is 30.5 Å². The van der Waals surface area contributed by atoms with E-state index in [4.69, 9.17) is 0 Å². The van der Waals surface area contributed by atoms with Gasteiger partial charge in [-0.1, -0.05) is 19.9 Å². The molecule has 1 unspecified atom stereocenters. The maximum Gasteiger partial charge on any atom is 0.249 e. The molecular weight excluding hydrogens is 278 g/mol. The SMILES string of the molecule is CC(C)CC1NC(=O)CCN(c2c(F)cccc2F)C1=O. The van der Waals surface area contributed by atoms with Crippen LogP contribution in [0.4, 0.5) is 14.5 Å². The summed E-state index contributed by atoms with van der Waals surface area (Å²) in [5.41, 5.74) is -0.382. The van der Waals surface area contributed by atoms with Crippen LogP contribution < -0.4 is 10.2 Å². The number of amides is 2. The van der Waals surface area contributed by atoms with Crippen LogP contribution in [0.5, 0.6) is 0 Å². The predicted molar refractivity (Wildman–Crippen MR) is 74.7 cm³/mol. The van der Waals surface area contributed by atoms with Crippen LogP contribution in [0, 0.1) is 17.6 Å². The van der Waals surface area contributed by atoms with Crippen molar-refractivity contribution in [2.45, 2.75) is 32.7 Å². The first-order valence-corrected chi connectivity index (χ1v) is 6.95. The lowest BCUT2D eigenvalue weighted by Crippen LogP contribution is -2.46. The molecule has 0 spiro atoms. The summed E-state index contributed by atoms with van der Waals surface area (Å²) in [4.78, 5) is 25.2. The molecule has 0 bridgehead atoms. The second kappa shape index (κ2) is 6.20. The van der Waals surface area contributed by atoms with Crippen molar-refractivity contribution in [3.63, 3.8) is 0 Å². The van der Waals surface area contributed by atoms with E-state index < -0.39 is 23.6 Å². The first-order valence-electron chi connectivity index (χ1n) is 6.95. The van der Waals surface area contributed by atoms with Crippen molar-refractivity contribution < 1.29 is 18.4 Å². The number of anilines is 1. The summed E-state index contributed by atoms with van der Waals surface area (Å²) in [5, 5.41) is 2.62. The fraction of sp³-hybridized carbons (Fsp3) is 0.467. The zero-order valence-electron chi connectivity index (χ0n) is 12.0. The lowest BCUT2D eigenvalue weighted by atomic mass is 10.0. The summed E-state index contributed by atoms with van der Waals surface area (Å²) >= 11 is 0. The number of halogens is 2. The molecule has 0 aromatic heterocycles. The Balaban J connectivity index is 2.37. The van der Waals surface area contributed by atoms with Gasteiger partial charge in [-0.2, -0.15) is 0 Å². The summed E-state index contributed by atoms with van der Waals surface area (Å²) in [6.45, 7) is 3.80. The molecule has 1 fully saturated rings. The van der Waals surface area contributed by atoms with Gasteiger partial charge in [-0.05, 0) is 24.5 Å². The molecule has 1 atom stereocenters. The Bertz CT molecular complexity index is 540. The van der Waals surface area contributed by atoms with E-state index in [1.807, 2.05) is 13.8 Å². The molecule has 1 N–H and O–H groups in total. The molecule has 1 aliphatic heterocycles. The predicted octanol–water partition coefficient (Wildman–Crippen LogP) is 2.23. The van der Waals surface area contributed by atoms with Crippen molar-refractivity contribution in [2.75, 3.05) is 11.4 Å². The molecule has 1 aromatic carbocycles.